The molecule has 1 aliphatic carbocycles. The predicted octanol–water partition coefficient (Wildman–Crippen LogP) is 3.62. The lowest BCUT2D eigenvalue weighted by Crippen LogP contribution is -2.18. The van der Waals surface area contributed by atoms with Gasteiger partial charge in [0.05, 0.1) is 6.26 Å². The Bertz CT molecular complexity index is 482. The van der Waals surface area contributed by atoms with Crippen molar-refractivity contribution in [3.63, 3.8) is 0 Å². The first-order chi connectivity index (χ1) is 7.86. The maximum atomic E-state index is 6.35. The van der Waals surface area contributed by atoms with E-state index in [1.165, 1.54) is 36.6 Å². The molecule has 0 saturated heterocycles. The van der Waals surface area contributed by atoms with Gasteiger partial charge in [0, 0.05) is 17.0 Å². The molecular weight excluding hydrogens is 198 g/mol. The number of para-hydroxylation sites is 1. The molecule has 2 N–H and O–H groups in total. The van der Waals surface area contributed by atoms with E-state index in [2.05, 4.69) is 6.07 Å². The summed E-state index contributed by atoms with van der Waals surface area (Å²) in [6, 6.07) is 8.29. The zero-order valence-electron chi connectivity index (χ0n) is 9.36. The van der Waals surface area contributed by atoms with Crippen molar-refractivity contribution < 1.29 is 4.42 Å². The molecule has 1 unspecified atom stereocenters. The third-order valence-corrected chi connectivity index (χ3v) is 3.78. The van der Waals surface area contributed by atoms with Crippen LogP contribution in [0.1, 0.15) is 37.3 Å². The van der Waals surface area contributed by atoms with E-state index in [0.29, 0.717) is 5.92 Å². The molecule has 1 aliphatic rings. The largest absolute Gasteiger partial charge is 0.464 e. The first-order valence-electron chi connectivity index (χ1n) is 6.08. The minimum Gasteiger partial charge on any atom is -0.464 e. The first kappa shape index (κ1) is 9.91. The average Bonchev–Trinajstić information content (AvgIpc) is 2.98. The zero-order valence-corrected chi connectivity index (χ0v) is 9.36. The molecule has 1 fully saturated rings. The van der Waals surface area contributed by atoms with E-state index >= 15 is 0 Å². The minimum absolute atomic E-state index is 0.145. The molecule has 0 spiro atoms. The zero-order chi connectivity index (χ0) is 11.0. The van der Waals surface area contributed by atoms with Crippen LogP contribution in [0.4, 0.5) is 0 Å². The Labute approximate surface area is 95.4 Å². The van der Waals surface area contributed by atoms with E-state index in [1.54, 1.807) is 0 Å². The van der Waals surface area contributed by atoms with Crippen LogP contribution in [0.2, 0.25) is 0 Å². The van der Waals surface area contributed by atoms with Crippen molar-refractivity contribution >= 4 is 11.0 Å². The highest BCUT2D eigenvalue weighted by molar-refractivity contribution is 5.81. The predicted molar refractivity (Wildman–Crippen MR) is 65.1 cm³/mol. The summed E-state index contributed by atoms with van der Waals surface area (Å²) >= 11 is 0. The quantitative estimate of drug-likeness (QED) is 0.831. The summed E-state index contributed by atoms with van der Waals surface area (Å²) in [6.07, 6.45) is 7.03. The van der Waals surface area contributed by atoms with Crippen LogP contribution < -0.4 is 5.73 Å². The van der Waals surface area contributed by atoms with Gasteiger partial charge in [-0.15, -0.1) is 0 Å². The molecule has 0 radical (unpaired) electrons. The second kappa shape index (κ2) is 3.95. The summed E-state index contributed by atoms with van der Waals surface area (Å²) in [6.45, 7) is 0. The second-order valence-corrected chi connectivity index (χ2v) is 4.76. The fraction of sp³-hybridized carbons (Fsp3) is 0.429. The van der Waals surface area contributed by atoms with E-state index in [0.717, 1.165) is 5.58 Å². The summed E-state index contributed by atoms with van der Waals surface area (Å²) < 4.78 is 5.55. The van der Waals surface area contributed by atoms with Gasteiger partial charge in [-0.1, -0.05) is 31.0 Å². The summed E-state index contributed by atoms with van der Waals surface area (Å²) in [5.74, 6) is 0.640. The molecular formula is C14H17NO. The lowest BCUT2D eigenvalue weighted by Gasteiger charge is -2.17. The fourth-order valence-electron chi connectivity index (χ4n) is 2.83. The minimum atomic E-state index is 0.145. The molecule has 2 nitrogen and oxygen atoms in total. The molecule has 2 aromatic rings. The SMILES string of the molecule is NC(c1coc2ccccc12)C1CCCC1. The molecule has 0 bridgehead atoms. The van der Waals surface area contributed by atoms with Crippen LogP contribution in [-0.4, -0.2) is 0 Å². The molecule has 0 amide bonds. The van der Waals surface area contributed by atoms with Gasteiger partial charge in [0.2, 0.25) is 0 Å². The highest BCUT2D eigenvalue weighted by Crippen LogP contribution is 2.37. The number of hydrogen-bond acceptors (Lipinski definition) is 2. The van der Waals surface area contributed by atoms with Crippen LogP contribution in [0.25, 0.3) is 11.0 Å². The maximum absolute atomic E-state index is 6.35. The Morgan fingerprint density at radius 2 is 1.94 bits per heavy atom. The Morgan fingerprint density at radius 1 is 1.19 bits per heavy atom. The van der Waals surface area contributed by atoms with Gasteiger partial charge >= 0.3 is 0 Å². The van der Waals surface area contributed by atoms with E-state index in [9.17, 15) is 0 Å². The summed E-state index contributed by atoms with van der Waals surface area (Å²) in [5.41, 5.74) is 8.48. The Hall–Kier alpha value is -1.28. The van der Waals surface area contributed by atoms with Crippen molar-refractivity contribution in [1.29, 1.82) is 0 Å². The number of furan rings is 1. The highest BCUT2D eigenvalue weighted by atomic mass is 16.3. The summed E-state index contributed by atoms with van der Waals surface area (Å²) in [4.78, 5) is 0. The van der Waals surface area contributed by atoms with Gasteiger partial charge in [0.1, 0.15) is 5.58 Å². The summed E-state index contributed by atoms with van der Waals surface area (Å²) in [7, 11) is 0. The van der Waals surface area contributed by atoms with Crippen LogP contribution in [0, 0.1) is 5.92 Å². The van der Waals surface area contributed by atoms with Gasteiger partial charge in [-0.25, -0.2) is 0 Å². The van der Waals surface area contributed by atoms with E-state index in [1.807, 2.05) is 24.5 Å². The van der Waals surface area contributed by atoms with Gasteiger partial charge in [0.15, 0.2) is 0 Å². The van der Waals surface area contributed by atoms with Gasteiger partial charge in [-0.05, 0) is 24.8 Å². The highest BCUT2D eigenvalue weighted by Gasteiger charge is 2.25. The van der Waals surface area contributed by atoms with Crippen molar-refractivity contribution in [3.05, 3.63) is 36.1 Å². The molecule has 1 atom stereocenters. The van der Waals surface area contributed by atoms with Gasteiger partial charge < -0.3 is 10.2 Å². The molecule has 1 aromatic heterocycles. The first-order valence-corrected chi connectivity index (χ1v) is 6.08. The molecule has 1 aromatic carbocycles. The van der Waals surface area contributed by atoms with Crippen LogP contribution >= 0.6 is 0 Å². The number of hydrogen-bond donors (Lipinski definition) is 1. The van der Waals surface area contributed by atoms with Gasteiger partial charge in [0.25, 0.3) is 0 Å². The Balaban J connectivity index is 1.98. The monoisotopic (exact) mass is 215 g/mol. The summed E-state index contributed by atoms with van der Waals surface area (Å²) in [5, 5.41) is 1.18. The van der Waals surface area contributed by atoms with Crippen molar-refractivity contribution in [2.45, 2.75) is 31.7 Å². The Kier molecular flexibility index (Phi) is 2.44. The van der Waals surface area contributed by atoms with E-state index in [-0.39, 0.29) is 6.04 Å². The molecule has 3 rings (SSSR count). The lowest BCUT2D eigenvalue weighted by atomic mass is 9.92. The van der Waals surface area contributed by atoms with Gasteiger partial charge in [-0.2, -0.15) is 0 Å². The van der Waals surface area contributed by atoms with Crippen molar-refractivity contribution in [2.24, 2.45) is 11.7 Å². The number of rotatable bonds is 2. The molecule has 1 heterocycles. The van der Waals surface area contributed by atoms with E-state index in [4.69, 9.17) is 10.2 Å². The normalized spacial score (nSPS) is 19.3. The maximum Gasteiger partial charge on any atom is 0.134 e. The van der Waals surface area contributed by atoms with Crippen LogP contribution in [-0.2, 0) is 0 Å². The van der Waals surface area contributed by atoms with Crippen LogP contribution in [0.15, 0.2) is 34.9 Å². The number of fused-ring (bicyclic) bond motifs is 1. The lowest BCUT2D eigenvalue weighted by molar-refractivity contribution is 0.442. The van der Waals surface area contributed by atoms with Crippen LogP contribution in [0.5, 0.6) is 0 Å². The third-order valence-electron chi connectivity index (χ3n) is 3.78. The van der Waals surface area contributed by atoms with Crippen LogP contribution in [0.3, 0.4) is 0 Å². The second-order valence-electron chi connectivity index (χ2n) is 4.76. The molecule has 0 aliphatic heterocycles. The van der Waals surface area contributed by atoms with Crippen molar-refractivity contribution in [2.75, 3.05) is 0 Å². The van der Waals surface area contributed by atoms with E-state index < -0.39 is 0 Å². The van der Waals surface area contributed by atoms with Gasteiger partial charge in [-0.3, -0.25) is 0 Å². The Morgan fingerprint density at radius 3 is 2.75 bits per heavy atom. The molecule has 1 saturated carbocycles. The average molecular weight is 215 g/mol. The molecule has 2 heteroatoms. The van der Waals surface area contributed by atoms with Crippen molar-refractivity contribution in [3.8, 4) is 0 Å². The molecule has 84 valence electrons. The smallest absolute Gasteiger partial charge is 0.134 e. The van der Waals surface area contributed by atoms with Crippen molar-refractivity contribution in [1.82, 2.24) is 0 Å². The molecule has 16 heavy (non-hydrogen) atoms. The third kappa shape index (κ3) is 1.54. The topological polar surface area (TPSA) is 39.2 Å². The number of nitrogens with two attached hydrogens (primary N) is 1. The standard InChI is InChI=1S/C14H17NO/c15-14(10-5-1-2-6-10)12-9-16-13-8-4-3-7-11(12)13/h3-4,7-10,14H,1-2,5-6,15H2. The fourth-order valence-corrected chi connectivity index (χ4v) is 2.83. The number of benzene rings is 1.